The normalized spacial score (nSPS) is 16.9. The van der Waals surface area contributed by atoms with Crippen molar-refractivity contribution in [3.63, 3.8) is 0 Å². The summed E-state index contributed by atoms with van der Waals surface area (Å²) in [4.78, 5) is 69.9. The highest BCUT2D eigenvalue weighted by Crippen LogP contribution is 2.41. The second-order valence-electron chi connectivity index (χ2n) is 30.7. The zero-order chi connectivity index (χ0) is 85.6. The van der Waals surface area contributed by atoms with E-state index in [-0.39, 0.29) is 101 Å². The van der Waals surface area contributed by atoms with Gasteiger partial charge >= 0.3 is 6.18 Å². The van der Waals surface area contributed by atoms with Crippen LogP contribution in [0.25, 0.3) is 0 Å². The molecule has 0 spiro atoms. The van der Waals surface area contributed by atoms with Crippen LogP contribution in [0.2, 0.25) is 10.0 Å². The van der Waals surface area contributed by atoms with Crippen molar-refractivity contribution in [3.8, 4) is 28.7 Å². The molecule has 5 unspecified atom stereocenters. The minimum Gasteiger partial charge on any atom is -0.503 e. The van der Waals surface area contributed by atoms with Crippen molar-refractivity contribution in [1.82, 2.24) is 47.3 Å². The van der Waals surface area contributed by atoms with Gasteiger partial charge < -0.3 is 53.5 Å². The Kier molecular flexibility index (Phi) is 27.8. The summed E-state index contributed by atoms with van der Waals surface area (Å²) in [5, 5.41) is 59.3. The monoisotopic (exact) mass is 1690 g/mol. The fraction of sp³-hybridized carbons (Fsp3) is 0.240. The molecule has 5 aliphatic heterocycles. The van der Waals surface area contributed by atoms with Crippen molar-refractivity contribution in [1.29, 1.82) is 0 Å². The molecule has 5 atom stereocenters. The van der Waals surface area contributed by atoms with Crippen LogP contribution in [0.3, 0.4) is 0 Å². The summed E-state index contributed by atoms with van der Waals surface area (Å²) < 4.78 is 50.1. The van der Waals surface area contributed by atoms with Crippen molar-refractivity contribution in [2.24, 2.45) is 0 Å². The van der Waals surface area contributed by atoms with Crippen LogP contribution in [0.5, 0.6) is 28.7 Å². The molecule has 18 rings (SSSR count). The third-order valence-corrected chi connectivity index (χ3v) is 23.4. The first-order valence-corrected chi connectivity index (χ1v) is 41.0. The van der Waals surface area contributed by atoms with Gasteiger partial charge in [-0.15, -0.1) is 0 Å². The van der Waals surface area contributed by atoms with Crippen LogP contribution in [-0.4, -0.2) is 123 Å². The molecule has 6 N–H and O–H groups in total. The fourth-order valence-corrected chi connectivity index (χ4v) is 17.2. The van der Waals surface area contributed by atoms with Crippen LogP contribution in [-0.2, 0) is 71.9 Å². The Morgan fingerprint density at radius 3 is 1.12 bits per heavy atom. The van der Waals surface area contributed by atoms with E-state index in [0.717, 1.165) is 104 Å². The minimum atomic E-state index is -4.42. The maximum Gasteiger partial charge on any atom is 0.408 e. The van der Waals surface area contributed by atoms with Crippen LogP contribution in [0.1, 0.15) is 103 Å². The molecule has 0 bridgehead atoms. The van der Waals surface area contributed by atoms with Gasteiger partial charge in [-0.3, -0.25) is 48.5 Å². The maximum atomic E-state index is 13.6. The average Bonchev–Trinajstić information content (AvgIpc) is 0.782. The SMILES string of the molecule is O=c1cc2n(cc1O)CCN(C(CO)c1ccccc1)C2.O=c1cc2n(cc1O)CCN(C(c1ccccc1)C(F)(F)F)C2.O=c1cc2n(cc1O)CCN(Cc1c(Cl)cccc1Cl)C2c1ccccc1.O=c1cc2n(cc1O)CCN(Cc1ccccc1)C2Cc1ccccc1.O=c1cc2n(cc1O)CCN(Cc1ccccc1)C2c1ccccc1. The van der Waals surface area contributed by atoms with Gasteiger partial charge in [-0.25, -0.2) is 0 Å². The summed E-state index contributed by atoms with van der Waals surface area (Å²) in [5.74, 6) is -1.20. The summed E-state index contributed by atoms with van der Waals surface area (Å²) in [7, 11) is 0. The Morgan fingerprint density at radius 1 is 0.352 bits per heavy atom. The van der Waals surface area contributed by atoms with E-state index < -0.39 is 23.4 Å². The molecule has 13 aromatic rings. The van der Waals surface area contributed by atoms with E-state index in [9.17, 15) is 67.8 Å². The van der Waals surface area contributed by atoms with Crippen molar-refractivity contribution in [3.05, 3.63) is 426 Å². The first kappa shape index (κ1) is 86.0. The van der Waals surface area contributed by atoms with Gasteiger partial charge in [0.25, 0.3) is 0 Å². The van der Waals surface area contributed by atoms with Gasteiger partial charge in [0.15, 0.2) is 28.7 Å². The molecule has 8 aromatic carbocycles. The van der Waals surface area contributed by atoms with Gasteiger partial charge in [-0.05, 0) is 57.5 Å². The van der Waals surface area contributed by atoms with Gasteiger partial charge in [0.1, 0.15) is 6.04 Å². The van der Waals surface area contributed by atoms with Crippen LogP contribution in [0.15, 0.2) is 316 Å². The molecule has 0 aliphatic carbocycles. The quantitative estimate of drug-likeness (QED) is 0.0558. The van der Waals surface area contributed by atoms with E-state index in [1.54, 1.807) is 47.3 Å². The lowest BCUT2D eigenvalue weighted by molar-refractivity contribution is -0.190. The largest absolute Gasteiger partial charge is 0.503 e. The third kappa shape index (κ3) is 20.8. The number of benzene rings is 8. The topological polar surface area (TPSA) is 248 Å². The molecule has 0 saturated carbocycles. The van der Waals surface area contributed by atoms with Gasteiger partial charge in [0.05, 0.1) is 61.8 Å². The van der Waals surface area contributed by atoms with Gasteiger partial charge in [-0.2, -0.15) is 13.2 Å². The van der Waals surface area contributed by atoms with Gasteiger partial charge in [0.2, 0.25) is 27.1 Å². The molecule has 0 fully saturated rings. The van der Waals surface area contributed by atoms with E-state index >= 15 is 0 Å². The van der Waals surface area contributed by atoms with E-state index in [1.807, 2.05) is 158 Å². The zero-order valence-corrected chi connectivity index (χ0v) is 68.2. The molecule has 10 heterocycles. The summed E-state index contributed by atoms with van der Waals surface area (Å²) in [6.45, 7) is 9.36. The smallest absolute Gasteiger partial charge is 0.408 e. The Labute approximate surface area is 712 Å². The number of nitrogens with zero attached hydrogens (tertiary/aromatic N) is 10. The van der Waals surface area contributed by atoms with E-state index in [2.05, 4.69) is 80.3 Å². The predicted molar refractivity (Wildman–Crippen MR) is 464 cm³/mol. The molecule has 0 amide bonds. The first-order chi connectivity index (χ1) is 59.0. The zero-order valence-electron chi connectivity index (χ0n) is 66.7. The third-order valence-electron chi connectivity index (χ3n) is 22.7. The molecule has 0 saturated heterocycles. The number of pyridine rings is 5. The number of halogens is 5. The predicted octanol–water partition coefficient (Wildman–Crippen LogP) is 14.8. The van der Waals surface area contributed by atoms with Crippen LogP contribution < -0.4 is 27.1 Å². The Morgan fingerprint density at radius 2 is 0.689 bits per heavy atom. The van der Waals surface area contributed by atoms with Crippen molar-refractivity contribution >= 4 is 23.2 Å². The molecular weight excluding hydrogens is 1600 g/mol. The number of aromatic hydroxyl groups is 5. The average molecular weight is 1690 g/mol. The standard InChI is InChI=1S/C22H22N2O2.C21H18Cl2N2O2.C21H20N2O2.C16H15F3N2O2.C16H18N2O3/c25-21-14-20-19(13-17-7-3-1-4-8-17)23(11-12-24(20)16-22(21)26)15-18-9-5-2-6-10-18;22-16-7-4-8-17(23)15(16)12-25-10-9-24-13-20(27)19(26)11-18(24)21(25)14-5-2-1-3-6-14;24-19-13-18-21(17-9-5-2-6-10-17)23(12-11-22(18)15-20(19)25)14-16-7-3-1-4-8-16;17-16(18,19)15(11-4-2-1-3-5-11)21-7-6-20-10-14(23)13(22)8-12(20)9-21;19-11-14(12-4-2-1-3-5-12)18-7-6-17-10-16(21)15(20)8-13(17)9-18/h1-10,14,16,19,26H,11-13,15H2;1-8,11,13,21,27H,9-10,12H2;1-10,13,15,21,25H,11-12,14H2;1-5,8,10,15,23H,6-7,9H2;1-5,8,10,14,19,21H,6-7,9,11H2. The number of aliphatic hydroxyl groups is 1. The number of fused-ring (bicyclic) bond motifs is 5. The molecule has 5 aromatic heterocycles. The number of hydrogen-bond acceptors (Lipinski definition) is 16. The van der Waals surface area contributed by atoms with E-state index in [1.165, 1.54) is 70.5 Å². The second-order valence-corrected chi connectivity index (χ2v) is 31.5. The molecule has 628 valence electrons. The van der Waals surface area contributed by atoms with Gasteiger partial charge in [0, 0.05) is 173 Å². The Balaban J connectivity index is 0.000000125. The second kappa shape index (κ2) is 39.4. The van der Waals surface area contributed by atoms with Crippen LogP contribution in [0, 0.1) is 0 Å². The van der Waals surface area contributed by atoms with Crippen LogP contribution >= 0.6 is 23.2 Å². The lowest BCUT2D eigenvalue weighted by atomic mass is 9.98. The molecule has 5 aliphatic rings. The summed E-state index contributed by atoms with van der Waals surface area (Å²) in [5.41, 5.74) is 10.2. The number of rotatable bonds is 15. The van der Waals surface area contributed by atoms with Crippen molar-refractivity contribution < 1.29 is 43.8 Å². The minimum absolute atomic E-state index is 0.00537. The Bertz CT molecular complexity index is 6020. The highest BCUT2D eigenvalue weighted by molar-refractivity contribution is 6.36. The summed E-state index contributed by atoms with van der Waals surface area (Å²) in [6, 6.07) is 80.0. The molecular formula is C96H93Cl2F3N10O11. The van der Waals surface area contributed by atoms with Crippen molar-refractivity contribution in [2.75, 3.05) is 39.3 Å². The van der Waals surface area contributed by atoms with E-state index in [0.29, 0.717) is 41.9 Å². The van der Waals surface area contributed by atoms with E-state index in [4.69, 9.17) is 23.2 Å². The van der Waals surface area contributed by atoms with Crippen molar-refractivity contribution in [2.45, 2.75) is 108 Å². The highest BCUT2D eigenvalue weighted by Gasteiger charge is 2.46. The van der Waals surface area contributed by atoms with Gasteiger partial charge in [-0.1, -0.05) is 242 Å². The summed E-state index contributed by atoms with van der Waals surface area (Å²) in [6.07, 6.45) is 3.85. The molecule has 21 nitrogen and oxygen atoms in total. The fourth-order valence-electron chi connectivity index (χ4n) is 16.7. The summed E-state index contributed by atoms with van der Waals surface area (Å²) >= 11 is 12.8. The first-order valence-electron chi connectivity index (χ1n) is 40.3. The lowest BCUT2D eigenvalue weighted by Gasteiger charge is -2.38. The number of hydrogen-bond donors (Lipinski definition) is 6. The highest BCUT2D eigenvalue weighted by atomic mass is 35.5. The number of alkyl halides is 3. The molecule has 122 heavy (non-hydrogen) atoms. The number of aromatic nitrogens is 5. The lowest BCUT2D eigenvalue weighted by Crippen LogP contribution is -2.43. The number of aliphatic hydroxyl groups excluding tert-OH is 1. The molecule has 0 radical (unpaired) electrons. The molecule has 26 heteroatoms. The van der Waals surface area contributed by atoms with Crippen LogP contribution in [0.4, 0.5) is 13.2 Å². The Hall–Kier alpha value is -12.4. The maximum absolute atomic E-state index is 13.6.